The number of carbonyl (C=O) groups excluding carboxylic acids is 1. The Bertz CT molecular complexity index is 322. The average Bonchev–Trinajstić information content (AvgIpc) is 2.18. The largest absolute Gasteiger partial charge is 0.381 e. The minimum absolute atomic E-state index is 0.673. The Kier molecular flexibility index (Phi) is 2.88. The zero-order valence-electron chi connectivity index (χ0n) is 7.97. The number of nitrogens with two attached hydrogens (primary N) is 2. The van der Waals surface area contributed by atoms with Gasteiger partial charge in [0.05, 0.1) is 5.54 Å². The molecule has 4 nitrogen and oxygen atoms in total. The van der Waals surface area contributed by atoms with E-state index in [1.54, 1.807) is 31.2 Å². The van der Waals surface area contributed by atoms with Gasteiger partial charge in [0.1, 0.15) is 0 Å². The number of hydrogen-bond donors (Lipinski definition) is 3. The number of amides is 1. The summed E-state index contributed by atoms with van der Waals surface area (Å²) < 4.78 is 0. The van der Waals surface area contributed by atoms with E-state index in [0.29, 0.717) is 5.56 Å². The first-order valence-corrected chi connectivity index (χ1v) is 4.28. The lowest BCUT2D eigenvalue weighted by atomic mass is 9.87. The summed E-state index contributed by atoms with van der Waals surface area (Å²) in [7, 11) is 0. The van der Waals surface area contributed by atoms with Crippen LogP contribution in [-0.4, -0.2) is 17.1 Å². The van der Waals surface area contributed by atoms with Gasteiger partial charge in [-0.2, -0.15) is 0 Å². The third-order valence-corrected chi connectivity index (χ3v) is 2.23. The molecule has 0 fully saturated rings. The summed E-state index contributed by atoms with van der Waals surface area (Å²) in [6.45, 7) is 1.57. The molecular formula is C10H14N2O2. The van der Waals surface area contributed by atoms with Crippen molar-refractivity contribution in [3.05, 3.63) is 35.9 Å². The zero-order chi connectivity index (χ0) is 10.8. The van der Waals surface area contributed by atoms with Crippen LogP contribution in [-0.2, 0) is 10.3 Å². The first kappa shape index (κ1) is 10.7. The van der Waals surface area contributed by atoms with Gasteiger partial charge in [-0.1, -0.05) is 30.3 Å². The van der Waals surface area contributed by atoms with Gasteiger partial charge in [0.25, 0.3) is 0 Å². The van der Waals surface area contributed by atoms with Crippen molar-refractivity contribution in [3.63, 3.8) is 0 Å². The van der Waals surface area contributed by atoms with Gasteiger partial charge in [0.15, 0.2) is 6.10 Å². The van der Waals surface area contributed by atoms with Crippen molar-refractivity contribution in [3.8, 4) is 0 Å². The minimum atomic E-state index is -1.38. The van der Waals surface area contributed by atoms with E-state index < -0.39 is 17.6 Å². The maximum atomic E-state index is 10.8. The highest BCUT2D eigenvalue weighted by Gasteiger charge is 2.34. The number of hydrogen-bond acceptors (Lipinski definition) is 3. The van der Waals surface area contributed by atoms with Crippen molar-refractivity contribution < 1.29 is 9.90 Å². The Morgan fingerprint density at radius 1 is 1.43 bits per heavy atom. The van der Waals surface area contributed by atoms with E-state index in [-0.39, 0.29) is 0 Å². The van der Waals surface area contributed by atoms with Crippen LogP contribution in [0.25, 0.3) is 0 Å². The monoisotopic (exact) mass is 194 g/mol. The maximum Gasteiger partial charge on any atom is 0.248 e. The molecule has 1 unspecified atom stereocenters. The van der Waals surface area contributed by atoms with E-state index in [0.717, 1.165) is 0 Å². The fourth-order valence-corrected chi connectivity index (χ4v) is 1.25. The van der Waals surface area contributed by atoms with Crippen molar-refractivity contribution in [2.75, 3.05) is 0 Å². The minimum Gasteiger partial charge on any atom is -0.381 e. The molecule has 5 N–H and O–H groups in total. The summed E-state index contributed by atoms with van der Waals surface area (Å²) in [5.41, 5.74) is 10.3. The van der Waals surface area contributed by atoms with Crippen molar-refractivity contribution in [1.82, 2.24) is 0 Å². The molecule has 1 amide bonds. The Labute approximate surface area is 82.5 Å². The lowest BCUT2D eigenvalue weighted by molar-refractivity contribution is -0.129. The Balaban J connectivity index is 3.02. The average molecular weight is 194 g/mol. The van der Waals surface area contributed by atoms with Gasteiger partial charge < -0.3 is 16.6 Å². The van der Waals surface area contributed by atoms with Crippen LogP contribution in [0.15, 0.2) is 30.3 Å². The number of rotatable bonds is 3. The molecule has 0 heterocycles. The van der Waals surface area contributed by atoms with Gasteiger partial charge in [-0.05, 0) is 12.5 Å². The molecule has 0 bridgehead atoms. The summed E-state index contributed by atoms with van der Waals surface area (Å²) in [4.78, 5) is 10.8. The van der Waals surface area contributed by atoms with Gasteiger partial charge in [0.2, 0.25) is 5.91 Å². The number of benzene rings is 1. The van der Waals surface area contributed by atoms with Crippen LogP contribution >= 0.6 is 0 Å². The van der Waals surface area contributed by atoms with E-state index in [4.69, 9.17) is 11.5 Å². The van der Waals surface area contributed by atoms with Crippen LogP contribution in [0.4, 0.5) is 0 Å². The summed E-state index contributed by atoms with van der Waals surface area (Å²) >= 11 is 0. The van der Waals surface area contributed by atoms with Crippen molar-refractivity contribution >= 4 is 5.91 Å². The molecule has 0 saturated carbocycles. The number of aliphatic hydroxyl groups is 1. The molecule has 0 aliphatic heterocycles. The van der Waals surface area contributed by atoms with Gasteiger partial charge >= 0.3 is 0 Å². The van der Waals surface area contributed by atoms with E-state index in [2.05, 4.69) is 0 Å². The molecule has 4 heteroatoms. The van der Waals surface area contributed by atoms with E-state index in [1.807, 2.05) is 6.07 Å². The summed E-state index contributed by atoms with van der Waals surface area (Å²) in [6, 6.07) is 8.89. The predicted molar refractivity (Wildman–Crippen MR) is 53.2 cm³/mol. The molecule has 0 saturated heterocycles. The molecule has 0 aliphatic carbocycles. The second-order valence-corrected chi connectivity index (χ2v) is 3.45. The van der Waals surface area contributed by atoms with Gasteiger partial charge in [-0.15, -0.1) is 0 Å². The standard InChI is InChI=1S/C10H14N2O2/c1-10(12,8(13)9(11)14)7-5-3-2-4-6-7/h2-6,8,13H,12H2,1H3,(H2,11,14)/t8?,10-/m0/s1. The van der Waals surface area contributed by atoms with Crippen LogP contribution < -0.4 is 11.5 Å². The highest BCUT2D eigenvalue weighted by atomic mass is 16.3. The molecule has 0 spiro atoms. The van der Waals surface area contributed by atoms with E-state index in [9.17, 15) is 9.90 Å². The van der Waals surface area contributed by atoms with Crippen molar-refractivity contribution in [2.45, 2.75) is 18.6 Å². The fourth-order valence-electron chi connectivity index (χ4n) is 1.25. The van der Waals surface area contributed by atoms with Crippen LogP contribution in [0, 0.1) is 0 Å². The first-order valence-electron chi connectivity index (χ1n) is 4.28. The number of carbonyl (C=O) groups is 1. The molecule has 1 aromatic rings. The first-order chi connectivity index (χ1) is 6.46. The fraction of sp³-hybridized carbons (Fsp3) is 0.300. The Morgan fingerprint density at radius 2 is 1.93 bits per heavy atom. The second kappa shape index (κ2) is 3.77. The smallest absolute Gasteiger partial charge is 0.248 e. The Morgan fingerprint density at radius 3 is 2.36 bits per heavy atom. The molecule has 0 aliphatic rings. The van der Waals surface area contributed by atoms with Gasteiger partial charge in [-0.3, -0.25) is 4.79 Å². The zero-order valence-corrected chi connectivity index (χ0v) is 7.97. The maximum absolute atomic E-state index is 10.8. The molecule has 0 aromatic heterocycles. The number of primary amides is 1. The Hall–Kier alpha value is -1.39. The van der Waals surface area contributed by atoms with Gasteiger partial charge in [-0.25, -0.2) is 0 Å². The third-order valence-electron chi connectivity index (χ3n) is 2.23. The molecule has 2 atom stereocenters. The highest BCUT2D eigenvalue weighted by Crippen LogP contribution is 2.21. The number of aliphatic hydroxyl groups excluding tert-OH is 1. The molecule has 0 radical (unpaired) electrons. The predicted octanol–water partition coefficient (Wildman–Crippen LogP) is -0.293. The van der Waals surface area contributed by atoms with Crippen molar-refractivity contribution in [2.24, 2.45) is 11.5 Å². The van der Waals surface area contributed by atoms with Gasteiger partial charge in [0, 0.05) is 0 Å². The third kappa shape index (κ3) is 1.92. The molecule has 1 rings (SSSR count). The lowest BCUT2D eigenvalue weighted by Crippen LogP contribution is -2.51. The van der Waals surface area contributed by atoms with Crippen LogP contribution in [0.5, 0.6) is 0 Å². The summed E-state index contributed by atoms with van der Waals surface area (Å²) in [5.74, 6) is -0.821. The molecule has 14 heavy (non-hydrogen) atoms. The lowest BCUT2D eigenvalue weighted by Gasteiger charge is -2.28. The molecular weight excluding hydrogens is 180 g/mol. The SMILES string of the molecule is C[C@](N)(c1ccccc1)C(O)C(N)=O. The van der Waals surface area contributed by atoms with Crippen LogP contribution in [0.1, 0.15) is 12.5 Å². The van der Waals surface area contributed by atoms with Crippen LogP contribution in [0.3, 0.4) is 0 Å². The topological polar surface area (TPSA) is 89.3 Å². The highest BCUT2D eigenvalue weighted by molar-refractivity contribution is 5.80. The van der Waals surface area contributed by atoms with E-state index >= 15 is 0 Å². The molecule has 1 aromatic carbocycles. The quantitative estimate of drug-likeness (QED) is 0.617. The summed E-state index contributed by atoms with van der Waals surface area (Å²) in [5, 5.41) is 9.51. The van der Waals surface area contributed by atoms with Crippen molar-refractivity contribution in [1.29, 1.82) is 0 Å². The summed E-state index contributed by atoms with van der Waals surface area (Å²) in [6.07, 6.45) is -1.38. The molecule has 76 valence electrons. The second-order valence-electron chi connectivity index (χ2n) is 3.45. The van der Waals surface area contributed by atoms with Crippen LogP contribution in [0.2, 0.25) is 0 Å². The van der Waals surface area contributed by atoms with E-state index in [1.165, 1.54) is 0 Å². The normalized spacial score (nSPS) is 17.1.